The third-order valence-corrected chi connectivity index (χ3v) is 3.78. The van der Waals surface area contributed by atoms with E-state index in [-0.39, 0.29) is 6.61 Å². The number of carbonyl (C=O) groups excluding carboxylic acids is 2. The van der Waals surface area contributed by atoms with Crippen molar-refractivity contribution < 1.29 is 23.8 Å². The number of hydrogen-bond acceptors (Lipinski definition) is 5. The standard InChI is InChI=1S/C18H19BrN2O5/c1-12(26-16-6-4-3-5-15(16)24-2)18(23)21-20-17(22)11-25-14-9-7-13(19)8-10-14/h3-10,12H,11H2,1-2H3,(H,20,22)(H,21,23). The van der Waals surface area contributed by atoms with Gasteiger partial charge in [0.15, 0.2) is 24.2 Å². The number of nitrogens with one attached hydrogen (secondary N) is 2. The van der Waals surface area contributed by atoms with Gasteiger partial charge in [-0.2, -0.15) is 0 Å². The Bertz CT molecular complexity index is 752. The zero-order valence-electron chi connectivity index (χ0n) is 14.3. The highest BCUT2D eigenvalue weighted by Gasteiger charge is 2.17. The fraction of sp³-hybridized carbons (Fsp3) is 0.222. The predicted molar refractivity (Wildman–Crippen MR) is 99.0 cm³/mol. The molecule has 0 saturated heterocycles. The van der Waals surface area contributed by atoms with Crippen molar-refractivity contribution >= 4 is 27.7 Å². The summed E-state index contributed by atoms with van der Waals surface area (Å²) in [5, 5.41) is 0. The molecule has 0 saturated carbocycles. The first-order chi connectivity index (χ1) is 12.5. The Labute approximate surface area is 159 Å². The quantitative estimate of drug-likeness (QED) is 0.669. The minimum atomic E-state index is -0.834. The first kappa shape index (κ1) is 19.6. The topological polar surface area (TPSA) is 85.9 Å². The highest BCUT2D eigenvalue weighted by Crippen LogP contribution is 2.26. The Morgan fingerprint density at radius 1 is 1.04 bits per heavy atom. The largest absolute Gasteiger partial charge is 0.493 e. The van der Waals surface area contributed by atoms with Crippen molar-refractivity contribution in [3.05, 3.63) is 53.0 Å². The SMILES string of the molecule is COc1ccccc1OC(C)C(=O)NNC(=O)COc1ccc(Br)cc1. The zero-order chi connectivity index (χ0) is 18.9. The molecule has 0 aliphatic rings. The molecule has 0 radical (unpaired) electrons. The highest BCUT2D eigenvalue weighted by atomic mass is 79.9. The predicted octanol–water partition coefficient (Wildman–Crippen LogP) is 2.45. The van der Waals surface area contributed by atoms with Gasteiger partial charge >= 0.3 is 0 Å². The molecule has 2 aromatic carbocycles. The fourth-order valence-corrected chi connectivity index (χ4v) is 2.17. The van der Waals surface area contributed by atoms with Gasteiger partial charge in [0.1, 0.15) is 5.75 Å². The minimum absolute atomic E-state index is 0.232. The van der Waals surface area contributed by atoms with E-state index < -0.39 is 17.9 Å². The summed E-state index contributed by atoms with van der Waals surface area (Å²) in [6, 6.07) is 14.0. The molecule has 0 spiro atoms. The van der Waals surface area contributed by atoms with Gasteiger partial charge in [0.05, 0.1) is 7.11 Å². The lowest BCUT2D eigenvalue weighted by Crippen LogP contribution is -2.48. The number of hydrogen-bond donors (Lipinski definition) is 2. The number of halogens is 1. The van der Waals surface area contributed by atoms with Gasteiger partial charge in [-0.25, -0.2) is 0 Å². The molecule has 7 nitrogen and oxygen atoms in total. The van der Waals surface area contributed by atoms with Crippen molar-refractivity contribution in [2.75, 3.05) is 13.7 Å². The molecule has 0 heterocycles. The van der Waals surface area contributed by atoms with Gasteiger partial charge < -0.3 is 14.2 Å². The maximum absolute atomic E-state index is 12.0. The number of ether oxygens (including phenoxy) is 3. The molecule has 2 rings (SSSR count). The Morgan fingerprint density at radius 3 is 2.35 bits per heavy atom. The second kappa shape index (κ2) is 9.67. The molecule has 0 fully saturated rings. The number of para-hydroxylation sites is 2. The van der Waals surface area contributed by atoms with E-state index in [0.29, 0.717) is 17.2 Å². The molecular weight excluding hydrogens is 404 g/mol. The molecule has 2 aromatic rings. The average molecular weight is 423 g/mol. The van der Waals surface area contributed by atoms with Gasteiger partial charge in [0.25, 0.3) is 11.8 Å². The van der Waals surface area contributed by atoms with E-state index in [1.165, 1.54) is 7.11 Å². The number of hydrazine groups is 1. The van der Waals surface area contributed by atoms with E-state index in [1.54, 1.807) is 55.5 Å². The van der Waals surface area contributed by atoms with Crippen LogP contribution in [-0.2, 0) is 9.59 Å². The van der Waals surface area contributed by atoms with Crippen LogP contribution < -0.4 is 25.1 Å². The van der Waals surface area contributed by atoms with E-state index in [1.807, 2.05) is 0 Å². The molecule has 0 aromatic heterocycles. The number of carbonyl (C=O) groups is 2. The van der Waals surface area contributed by atoms with Crippen molar-refractivity contribution in [1.29, 1.82) is 0 Å². The molecule has 2 amide bonds. The first-order valence-electron chi connectivity index (χ1n) is 7.76. The van der Waals surface area contributed by atoms with Crippen LogP contribution in [0.4, 0.5) is 0 Å². The van der Waals surface area contributed by atoms with Gasteiger partial charge in [-0.15, -0.1) is 0 Å². The summed E-state index contributed by atoms with van der Waals surface area (Å²) in [6.07, 6.45) is -0.834. The summed E-state index contributed by atoms with van der Waals surface area (Å²) in [7, 11) is 1.51. The molecule has 0 aliphatic carbocycles. The Kier molecular flexibility index (Phi) is 7.28. The van der Waals surface area contributed by atoms with Crippen molar-refractivity contribution in [2.24, 2.45) is 0 Å². The van der Waals surface area contributed by atoms with Crippen LogP contribution in [-0.4, -0.2) is 31.6 Å². The van der Waals surface area contributed by atoms with Crippen LogP contribution >= 0.6 is 15.9 Å². The molecule has 1 unspecified atom stereocenters. The lowest BCUT2D eigenvalue weighted by Gasteiger charge is -2.16. The lowest BCUT2D eigenvalue weighted by atomic mass is 10.3. The van der Waals surface area contributed by atoms with Crippen molar-refractivity contribution in [3.63, 3.8) is 0 Å². The van der Waals surface area contributed by atoms with E-state index in [0.717, 1.165) is 4.47 Å². The summed E-state index contributed by atoms with van der Waals surface area (Å²) in [5.41, 5.74) is 4.57. The van der Waals surface area contributed by atoms with Gasteiger partial charge in [-0.05, 0) is 43.3 Å². The zero-order valence-corrected chi connectivity index (χ0v) is 15.9. The van der Waals surface area contributed by atoms with Crippen molar-refractivity contribution in [3.8, 4) is 17.2 Å². The summed E-state index contributed by atoms with van der Waals surface area (Å²) < 4.78 is 16.9. The third kappa shape index (κ3) is 5.96. The average Bonchev–Trinajstić information content (AvgIpc) is 2.66. The van der Waals surface area contributed by atoms with E-state index in [4.69, 9.17) is 14.2 Å². The van der Waals surface area contributed by atoms with E-state index in [2.05, 4.69) is 26.8 Å². The third-order valence-electron chi connectivity index (χ3n) is 3.25. The van der Waals surface area contributed by atoms with Crippen LogP contribution in [0.2, 0.25) is 0 Å². The molecular formula is C18H19BrN2O5. The summed E-state index contributed by atoms with van der Waals surface area (Å²) in [6.45, 7) is 1.33. The second-order valence-corrected chi connectivity index (χ2v) is 6.11. The van der Waals surface area contributed by atoms with Crippen LogP contribution in [0.15, 0.2) is 53.0 Å². The summed E-state index contributed by atoms with van der Waals surface area (Å²) in [4.78, 5) is 23.8. The monoisotopic (exact) mass is 422 g/mol. The Balaban J connectivity index is 1.76. The molecule has 26 heavy (non-hydrogen) atoms. The molecule has 1 atom stereocenters. The van der Waals surface area contributed by atoms with Crippen molar-refractivity contribution in [1.82, 2.24) is 10.9 Å². The maximum atomic E-state index is 12.0. The van der Waals surface area contributed by atoms with Gasteiger partial charge in [0, 0.05) is 4.47 Å². The number of amides is 2. The van der Waals surface area contributed by atoms with Gasteiger partial charge in [0.2, 0.25) is 0 Å². The summed E-state index contributed by atoms with van der Waals surface area (Å²) in [5.74, 6) is 0.489. The number of benzene rings is 2. The molecule has 0 bridgehead atoms. The number of methoxy groups -OCH3 is 1. The molecule has 8 heteroatoms. The van der Waals surface area contributed by atoms with Crippen LogP contribution in [0.25, 0.3) is 0 Å². The fourth-order valence-electron chi connectivity index (χ4n) is 1.91. The van der Waals surface area contributed by atoms with E-state index >= 15 is 0 Å². The minimum Gasteiger partial charge on any atom is -0.493 e. The molecule has 138 valence electrons. The Morgan fingerprint density at radius 2 is 1.69 bits per heavy atom. The second-order valence-electron chi connectivity index (χ2n) is 5.19. The van der Waals surface area contributed by atoms with Crippen LogP contribution in [0.5, 0.6) is 17.2 Å². The molecule has 0 aliphatic heterocycles. The number of rotatable bonds is 7. The molecule has 2 N–H and O–H groups in total. The first-order valence-corrected chi connectivity index (χ1v) is 8.55. The normalized spacial score (nSPS) is 11.2. The Hall–Kier alpha value is -2.74. The smallest absolute Gasteiger partial charge is 0.279 e. The van der Waals surface area contributed by atoms with Gasteiger partial charge in [-0.3, -0.25) is 20.4 Å². The van der Waals surface area contributed by atoms with Crippen LogP contribution in [0.1, 0.15) is 6.92 Å². The van der Waals surface area contributed by atoms with Crippen LogP contribution in [0, 0.1) is 0 Å². The van der Waals surface area contributed by atoms with Gasteiger partial charge in [-0.1, -0.05) is 28.1 Å². The maximum Gasteiger partial charge on any atom is 0.279 e. The van der Waals surface area contributed by atoms with E-state index in [9.17, 15) is 9.59 Å². The van der Waals surface area contributed by atoms with Crippen molar-refractivity contribution in [2.45, 2.75) is 13.0 Å². The highest BCUT2D eigenvalue weighted by molar-refractivity contribution is 9.10. The van der Waals surface area contributed by atoms with Crippen LogP contribution in [0.3, 0.4) is 0 Å². The summed E-state index contributed by atoms with van der Waals surface area (Å²) >= 11 is 3.31. The lowest BCUT2D eigenvalue weighted by molar-refractivity contribution is -0.133.